The third kappa shape index (κ3) is 1.16. The normalized spacial score (nSPS) is 19.0. The molecule has 0 unspecified atom stereocenters. The summed E-state index contributed by atoms with van der Waals surface area (Å²) in [5.74, 6) is 0. The van der Waals surface area contributed by atoms with Crippen LogP contribution in [0, 0.1) is 0 Å². The van der Waals surface area contributed by atoms with Crippen LogP contribution in [0.5, 0.6) is 0 Å². The first kappa shape index (κ1) is 4.75. The van der Waals surface area contributed by atoms with Crippen molar-refractivity contribution in [3.05, 3.63) is 72.6 Å². The molecule has 0 atom stereocenters. The molecule has 0 radical (unpaired) electrons. The molecule has 0 saturated carbocycles. The van der Waals surface area contributed by atoms with Gasteiger partial charge in [0.2, 0.25) is 0 Å². The molecule has 0 aliphatic carbocycles. The average molecular weight is 262 g/mol. The van der Waals surface area contributed by atoms with Gasteiger partial charge in [0.1, 0.15) is 0 Å². The number of hydrogen-bond acceptors (Lipinski definition) is 0. The van der Waals surface area contributed by atoms with Crippen LogP contribution in [-0.4, -0.2) is 0 Å². The first-order chi connectivity index (χ1) is 14.1. The zero-order chi connectivity index (χ0) is 21.8. The molecule has 0 spiro atoms. The fourth-order valence-electron chi connectivity index (χ4n) is 2.77. The Morgan fingerprint density at radius 2 is 1.35 bits per heavy atom. The van der Waals surface area contributed by atoms with Gasteiger partial charge in [-0.1, -0.05) is 66.5 Å². The molecule has 0 nitrogen and oxygen atoms in total. The molecule has 5 aromatic rings. The lowest BCUT2D eigenvalue weighted by molar-refractivity contribution is 1.78. The van der Waals surface area contributed by atoms with Crippen LogP contribution in [0.4, 0.5) is 0 Å². The van der Waals surface area contributed by atoms with Gasteiger partial charge < -0.3 is 0 Å². The highest BCUT2D eigenvalue weighted by atomic mass is 14.1. The van der Waals surface area contributed by atoms with E-state index in [1.54, 1.807) is 6.07 Å². The topological polar surface area (TPSA) is 0 Å². The first-order valence-corrected chi connectivity index (χ1v) is 6.16. The summed E-state index contributed by atoms with van der Waals surface area (Å²) in [4.78, 5) is 0. The van der Waals surface area contributed by atoms with Gasteiger partial charge in [-0.3, -0.25) is 0 Å². The SMILES string of the molecule is [2H]c1c([2H])c([2H])c2c(c1[2H])c([2H])c1c([2H])c([2H])c3c([2H])c([2H])c([2H])c4ccc2c1c43. The Balaban J connectivity index is 2.30. The lowest BCUT2D eigenvalue weighted by Crippen LogP contribution is -1.85. The molecule has 0 aliphatic heterocycles. The molecule has 0 aromatic heterocycles. The van der Waals surface area contributed by atoms with Crippen LogP contribution in [0.2, 0.25) is 0 Å². The predicted molar refractivity (Wildman–Crippen MR) is 87.7 cm³/mol. The molecule has 0 aliphatic rings. The minimum absolute atomic E-state index is 0.0295. The molecule has 5 rings (SSSR count). The lowest BCUT2D eigenvalue weighted by Gasteiger charge is -2.12. The highest BCUT2D eigenvalue weighted by molar-refractivity contribution is 6.28. The van der Waals surface area contributed by atoms with Crippen molar-refractivity contribution in [2.45, 2.75) is 0 Å². The predicted octanol–water partition coefficient (Wildman–Crippen LogP) is 5.74. The largest absolute Gasteiger partial charge is 0.0636 e. The van der Waals surface area contributed by atoms with E-state index >= 15 is 0 Å². The van der Waals surface area contributed by atoms with Crippen molar-refractivity contribution in [3.63, 3.8) is 0 Å². The van der Waals surface area contributed by atoms with Gasteiger partial charge in [0.25, 0.3) is 0 Å². The maximum atomic E-state index is 8.68. The van der Waals surface area contributed by atoms with Crippen LogP contribution < -0.4 is 0 Å². The smallest absolute Gasteiger partial charge is 0.0616 e. The van der Waals surface area contributed by atoms with Gasteiger partial charge in [0.05, 0.1) is 13.7 Å². The van der Waals surface area contributed by atoms with Gasteiger partial charge in [0.15, 0.2) is 0 Å². The van der Waals surface area contributed by atoms with E-state index in [1.165, 1.54) is 6.07 Å². The molecule has 0 fully saturated rings. The summed E-state index contributed by atoms with van der Waals surface area (Å²) in [6.45, 7) is 0. The van der Waals surface area contributed by atoms with E-state index in [-0.39, 0.29) is 69.9 Å². The molecule has 0 saturated heterocycles. The molecule has 0 amide bonds. The molecule has 5 aromatic carbocycles. The van der Waals surface area contributed by atoms with Crippen molar-refractivity contribution >= 4 is 43.1 Å². The first-order valence-electron chi connectivity index (χ1n) is 11.2. The second-order valence-corrected chi connectivity index (χ2v) is 4.66. The van der Waals surface area contributed by atoms with Gasteiger partial charge in [-0.25, -0.2) is 0 Å². The zero-order valence-corrected chi connectivity index (χ0v) is 10.2. The van der Waals surface area contributed by atoms with Gasteiger partial charge in [0, 0.05) is 0 Å². The van der Waals surface area contributed by atoms with Crippen molar-refractivity contribution < 1.29 is 13.7 Å². The van der Waals surface area contributed by atoms with Crippen LogP contribution in [0.25, 0.3) is 43.1 Å². The average Bonchev–Trinajstić information content (AvgIpc) is 2.72. The van der Waals surface area contributed by atoms with Crippen molar-refractivity contribution in [1.29, 1.82) is 0 Å². The van der Waals surface area contributed by atoms with Crippen LogP contribution >= 0.6 is 0 Å². The fourth-order valence-corrected chi connectivity index (χ4v) is 2.77. The second-order valence-electron chi connectivity index (χ2n) is 4.66. The summed E-state index contributed by atoms with van der Waals surface area (Å²) < 4.78 is 82.9. The minimum Gasteiger partial charge on any atom is -0.0616 e. The molecule has 0 heteroatoms. The molecule has 92 valence electrons. The van der Waals surface area contributed by atoms with Crippen molar-refractivity contribution in [2.24, 2.45) is 0 Å². The number of rotatable bonds is 0. The molecule has 0 bridgehead atoms. The molecule has 0 N–H and O–H groups in total. The highest BCUT2D eigenvalue weighted by Gasteiger charge is 2.09. The van der Waals surface area contributed by atoms with E-state index in [2.05, 4.69) is 0 Å². The third-order valence-electron chi connectivity index (χ3n) is 3.61. The third-order valence-corrected chi connectivity index (χ3v) is 3.61. The van der Waals surface area contributed by atoms with Crippen LogP contribution in [-0.2, 0) is 0 Å². The number of hydrogen-bond donors (Lipinski definition) is 0. The van der Waals surface area contributed by atoms with E-state index in [9.17, 15) is 0 Å². The lowest BCUT2D eigenvalue weighted by atomic mass is 9.91. The van der Waals surface area contributed by atoms with Crippen LogP contribution in [0.1, 0.15) is 13.7 Å². The quantitative estimate of drug-likeness (QED) is 0.247. The summed E-state index contributed by atoms with van der Waals surface area (Å²) in [6, 6.07) is -0.382. The Kier molecular flexibility index (Phi) is 0.827. The highest BCUT2D eigenvalue weighted by Crippen LogP contribution is 2.38. The Hall–Kier alpha value is -2.60. The van der Waals surface area contributed by atoms with E-state index in [4.69, 9.17) is 13.7 Å². The summed E-state index contributed by atoms with van der Waals surface area (Å²) in [5.41, 5.74) is 0. The molecule has 20 heavy (non-hydrogen) atoms. The van der Waals surface area contributed by atoms with Crippen LogP contribution in [0.3, 0.4) is 0 Å². The minimum atomic E-state index is -0.479. The summed E-state index contributed by atoms with van der Waals surface area (Å²) in [7, 11) is 0. The van der Waals surface area contributed by atoms with E-state index in [0.29, 0.717) is 21.5 Å². The van der Waals surface area contributed by atoms with Crippen molar-refractivity contribution in [1.82, 2.24) is 0 Å². The van der Waals surface area contributed by atoms with E-state index in [1.807, 2.05) is 0 Å². The Morgan fingerprint density at radius 3 is 2.35 bits per heavy atom. The maximum Gasteiger partial charge on any atom is 0.0636 e. The van der Waals surface area contributed by atoms with E-state index < -0.39 is 12.1 Å². The molecular weight excluding hydrogens is 240 g/mol. The summed E-state index contributed by atoms with van der Waals surface area (Å²) >= 11 is 0. The second kappa shape index (κ2) is 3.49. The molecular formula is C20H12. The summed E-state index contributed by atoms with van der Waals surface area (Å²) in [5, 5.41) is 1.47. The van der Waals surface area contributed by atoms with Crippen molar-refractivity contribution in [2.75, 3.05) is 0 Å². The van der Waals surface area contributed by atoms with Crippen molar-refractivity contribution in [3.8, 4) is 0 Å². The van der Waals surface area contributed by atoms with Gasteiger partial charge in [-0.2, -0.15) is 0 Å². The zero-order valence-electron chi connectivity index (χ0n) is 20.2. The summed E-state index contributed by atoms with van der Waals surface area (Å²) in [6.07, 6.45) is 0. The monoisotopic (exact) mass is 262 g/mol. The Bertz CT molecular complexity index is 1590. The maximum absolute atomic E-state index is 8.68. The van der Waals surface area contributed by atoms with Crippen LogP contribution in [0.15, 0.2) is 72.6 Å². The Morgan fingerprint density at radius 1 is 0.550 bits per heavy atom. The van der Waals surface area contributed by atoms with Gasteiger partial charge >= 0.3 is 0 Å². The number of benzene rings is 5. The van der Waals surface area contributed by atoms with Gasteiger partial charge in [-0.15, -0.1) is 0 Å². The standard InChI is InChI=1S/C20H12/c1-2-7-17-15(4-1)12-16-9-8-13-5-3-6-14-10-11-18(17)20(16)19(13)14/h1-12H/i1D,2D,3D,4D,5D,6D,7D,8D,9D,12D. The number of fused-ring (bicyclic) bond motifs is 2. The molecule has 0 heterocycles. The van der Waals surface area contributed by atoms with E-state index in [0.717, 1.165) is 0 Å². The fraction of sp³-hybridized carbons (Fsp3) is 0. The van der Waals surface area contributed by atoms with Gasteiger partial charge in [-0.05, 0) is 49.1 Å². The Labute approximate surface area is 130 Å².